The summed E-state index contributed by atoms with van der Waals surface area (Å²) in [7, 11) is 1.50. The highest BCUT2D eigenvalue weighted by Crippen LogP contribution is 2.44. The molecular weight excluding hydrogens is 396 g/mol. The van der Waals surface area contributed by atoms with Gasteiger partial charge in [0.1, 0.15) is 12.6 Å². The minimum Gasteiger partial charge on any atom is -0.480 e. The lowest BCUT2D eigenvalue weighted by Gasteiger charge is -2.21. The molecule has 1 fully saturated rings. The summed E-state index contributed by atoms with van der Waals surface area (Å²) in [6.45, 7) is 2.06. The van der Waals surface area contributed by atoms with Crippen LogP contribution in [-0.2, 0) is 14.3 Å². The molecule has 0 radical (unpaired) electrons. The molecule has 1 saturated carbocycles. The smallest absolute Gasteiger partial charge is 0.407 e. The second-order valence-corrected chi connectivity index (χ2v) is 8.27. The number of carbonyl (C=O) groups is 3. The Bertz CT molecular complexity index is 975. The quantitative estimate of drug-likeness (QED) is 0.715. The van der Waals surface area contributed by atoms with Crippen molar-refractivity contribution in [3.8, 4) is 11.1 Å². The first-order valence-corrected chi connectivity index (χ1v) is 10.5. The van der Waals surface area contributed by atoms with Crippen LogP contribution in [0.15, 0.2) is 48.5 Å². The highest BCUT2D eigenvalue weighted by Gasteiger charge is 2.45. The Hall–Kier alpha value is -3.35. The van der Waals surface area contributed by atoms with Crippen LogP contribution in [0.3, 0.4) is 0 Å². The van der Waals surface area contributed by atoms with Crippen molar-refractivity contribution in [1.82, 2.24) is 10.2 Å². The molecule has 2 aliphatic rings. The van der Waals surface area contributed by atoms with Crippen molar-refractivity contribution in [3.05, 3.63) is 59.7 Å². The average Bonchev–Trinajstić information content (AvgIpc) is 3.49. The molecule has 0 aromatic heterocycles. The Morgan fingerprint density at radius 3 is 2.26 bits per heavy atom. The van der Waals surface area contributed by atoms with E-state index in [1.165, 1.54) is 30.0 Å². The molecule has 2 N–H and O–H groups in total. The molecule has 0 aliphatic heterocycles. The van der Waals surface area contributed by atoms with E-state index in [2.05, 4.69) is 29.6 Å². The minimum atomic E-state index is -1.04. The molecule has 162 valence electrons. The van der Waals surface area contributed by atoms with Crippen molar-refractivity contribution in [2.75, 3.05) is 20.2 Å². The zero-order chi connectivity index (χ0) is 22.1. The second kappa shape index (κ2) is 8.41. The summed E-state index contributed by atoms with van der Waals surface area (Å²) in [5.74, 6) is -1.48. The number of nitrogens with one attached hydrogen (secondary N) is 1. The number of nitrogens with zero attached hydrogens (tertiary/aromatic N) is 1. The Balaban J connectivity index is 1.28. The summed E-state index contributed by atoms with van der Waals surface area (Å²) in [5, 5.41) is 11.8. The molecule has 0 bridgehead atoms. The number of likely N-dealkylation sites (N-methyl/N-ethyl adjacent to an activating group) is 1. The maximum absolute atomic E-state index is 12.4. The zero-order valence-corrected chi connectivity index (χ0v) is 17.6. The van der Waals surface area contributed by atoms with Crippen LogP contribution in [0.25, 0.3) is 11.1 Å². The van der Waals surface area contributed by atoms with Crippen molar-refractivity contribution in [1.29, 1.82) is 0 Å². The van der Waals surface area contributed by atoms with E-state index in [0.717, 1.165) is 11.1 Å². The molecule has 7 heteroatoms. The summed E-state index contributed by atoms with van der Waals surface area (Å²) < 4.78 is 5.51. The van der Waals surface area contributed by atoms with E-state index in [1.54, 1.807) is 0 Å². The first kappa shape index (κ1) is 20.9. The SMILES string of the molecule is CC(C(=O)O)N(C)C(=O)C1CC1CNC(=O)OCC1c2ccccc2-c2ccccc21. The fourth-order valence-electron chi connectivity index (χ4n) is 4.26. The number of carboxylic acid groups (broad SMARTS) is 1. The van der Waals surface area contributed by atoms with E-state index >= 15 is 0 Å². The van der Waals surface area contributed by atoms with Gasteiger partial charge in [0.15, 0.2) is 0 Å². The van der Waals surface area contributed by atoms with Gasteiger partial charge in [-0.2, -0.15) is 0 Å². The van der Waals surface area contributed by atoms with E-state index in [0.29, 0.717) is 13.0 Å². The van der Waals surface area contributed by atoms with Crippen LogP contribution in [0.2, 0.25) is 0 Å². The lowest BCUT2D eigenvalue weighted by Crippen LogP contribution is -2.41. The van der Waals surface area contributed by atoms with Crippen molar-refractivity contribution < 1.29 is 24.2 Å². The first-order valence-electron chi connectivity index (χ1n) is 10.5. The standard InChI is InChI=1S/C24H26N2O5/c1-14(23(28)29)26(2)22(27)20-11-15(20)12-25-24(30)31-13-21-18-9-5-3-7-16(18)17-8-4-6-10-19(17)21/h3-10,14-15,20-21H,11-13H2,1-2H3,(H,25,30)(H,28,29). The molecule has 7 nitrogen and oxygen atoms in total. The van der Waals surface area contributed by atoms with Crippen molar-refractivity contribution in [3.63, 3.8) is 0 Å². The molecule has 2 amide bonds. The van der Waals surface area contributed by atoms with Crippen molar-refractivity contribution in [2.24, 2.45) is 11.8 Å². The lowest BCUT2D eigenvalue weighted by atomic mass is 9.98. The summed E-state index contributed by atoms with van der Waals surface area (Å²) in [6, 6.07) is 15.4. The molecule has 2 aromatic carbocycles. The van der Waals surface area contributed by atoms with Crippen LogP contribution < -0.4 is 5.32 Å². The number of aliphatic carboxylic acids is 1. The van der Waals surface area contributed by atoms with Crippen LogP contribution >= 0.6 is 0 Å². The molecule has 4 rings (SSSR count). The van der Waals surface area contributed by atoms with Gasteiger partial charge in [0.2, 0.25) is 5.91 Å². The van der Waals surface area contributed by atoms with Gasteiger partial charge in [0.05, 0.1) is 0 Å². The van der Waals surface area contributed by atoms with Crippen LogP contribution in [0.1, 0.15) is 30.4 Å². The number of fused-ring (bicyclic) bond motifs is 3. The predicted molar refractivity (Wildman–Crippen MR) is 115 cm³/mol. The highest BCUT2D eigenvalue weighted by atomic mass is 16.5. The lowest BCUT2D eigenvalue weighted by molar-refractivity contribution is -0.148. The molecule has 0 spiro atoms. The number of carboxylic acids is 1. The normalized spacial score (nSPS) is 19.7. The fourth-order valence-corrected chi connectivity index (χ4v) is 4.26. The van der Waals surface area contributed by atoms with Gasteiger partial charge in [0, 0.05) is 25.4 Å². The monoisotopic (exact) mass is 422 g/mol. The third kappa shape index (κ3) is 4.13. The topological polar surface area (TPSA) is 95.9 Å². The van der Waals surface area contributed by atoms with E-state index in [9.17, 15) is 14.4 Å². The molecule has 31 heavy (non-hydrogen) atoms. The van der Waals surface area contributed by atoms with Gasteiger partial charge in [-0.1, -0.05) is 48.5 Å². The fraction of sp³-hybridized carbons (Fsp3) is 0.375. The average molecular weight is 422 g/mol. The summed E-state index contributed by atoms with van der Waals surface area (Å²) in [4.78, 5) is 36.9. The van der Waals surface area contributed by atoms with Crippen molar-refractivity contribution >= 4 is 18.0 Å². The van der Waals surface area contributed by atoms with Crippen LogP contribution in [0.4, 0.5) is 4.79 Å². The van der Waals surface area contributed by atoms with Crippen molar-refractivity contribution in [2.45, 2.75) is 25.3 Å². The zero-order valence-electron chi connectivity index (χ0n) is 17.6. The molecule has 0 saturated heterocycles. The second-order valence-electron chi connectivity index (χ2n) is 8.27. The third-order valence-electron chi connectivity index (χ3n) is 6.38. The third-order valence-corrected chi connectivity index (χ3v) is 6.38. The van der Waals surface area contributed by atoms with Gasteiger partial charge in [-0.15, -0.1) is 0 Å². The Labute approximate surface area is 181 Å². The number of benzene rings is 2. The number of ether oxygens (including phenoxy) is 1. The predicted octanol–water partition coefficient (Wildman–Crippen LogP) is 3.09. The number of carbonyl (C=O) groups excluding carboxylic acids is 2. The summed E-state index contributed by atoms with van der Waals surface area (Å²) in [6.07, 6.45) is 0.131. The number of amides is 2. The molecule has 3 atom stereocenters. The van der Waals surface area contributed by atoms with Gasteiger partial charge in [-0.05, 0) is 41.5 Å². The minimum absolute atomic E-state index is 0.000410. The molecule has 0 heterocycles. The van der Waals surface area contributed by atoms with Crippen LogP contribution in [0.5, 0.6) is 0 Å². The highest BCUT2D eigenvalue weighted by molar-refractivity contribution is 5.86. The van der Waals surface area contributed by atoms with Crippen LogP contribution in [0, 0.1) is 11.8 Å². The van der Waals surface area contributed by atoms with Gasteiger partial charge in [-0.25, -0.2) is 9.59 Å². The van der Waals surface area contributed by atoms with E-state index < -0.39 is 18.1 Å². The van der Waals surface area contributed by atoms with E-state index in [-0.39, 0.29) is 30.3 Å². The Morgan fingerprint density at radius 1 is 1.10 bits per heavy atom. The first-order chi connectivity index (χ1) is 14.9. The largest absolute Gasteiger partial charge is 0.480 e. The van der Waals surface area contributed by atoms with Gasteiger partial charge in [-0.3, -0.25) is 4.79 Å². The van der Waals surface area contributed by atoms with Gasteiger partial charge < -0.3 is 20.1 Å². The molecule has 2 aromatic rings. The maximum Gasteiger partial charge on any atom is 0.407 e. The molecule has 2 aliphatic carbocycles. The molecular formula is C24H26N2O5. The number of rotatable bonds is 7. The summed E-state index contributed by atoms with van der Waals surface area (Å²) in [5.41, 5.74) is 4.65. The maximum atomic E-state index is 12.4. The number of hydrogen-bond acceptors (Lipinski definition) is 4. The Kier molecular flexibility index (Phi) is 5.67. The van der Waals surface area contributed by atoms with Gasteiger partial charge in [0.25, 0.3) is 0 Å². The van der Waals surface area contributed by atoms with E-state index in [1.807, 2.05) is 24.3 Å². The Morgan fingerprint density at radius 2 is 1.68 bits per heavy atom. The van der Waals surface area contributed by atoms with E-state index in [4.69, 9.17) is 9.84 Å². The summed E-state index contributed by atoms with van der Waals surface area (Å²) >= 11 is 0. The van der Waals surface area contributed by atoms with Gasteiger partial charge >= 0.3 is 12.1 Å². The number of alkyl carbamates (subject to hydrolysis) is 1. The molecule has 3 unspecified atom stereocenters. The number of hydrogen-bond donors (Lipinski definition) is 2. The van der Waals surface area contributed by atoms with Crippen LogP contribution in [-0.4, -0.2) is 54.2 Å².